The first-order chi connectivity index (χ1) is 8.63. The SMILES string of the molecule is CN(C)C(=O)c1ccn(-c2ccccc2CN)n1. The molecular formula is C13H16N4O. The molecule has 0 aliphatic heterocycles. The van der Waals surface area contributed by atoms with Gasteiger partial charge in [-0.3, -0.25) is 4.79 Å². The van der Waals surface area contributed by atoms with Gasteiger partial charge < -0.3 is 10.6 Å². The van der Waals surface area contributed by atoms with E-state index in [4.69, 9.17) is 5.73 Å². The third-order valence-corrected chi connectivity index (χ3v) is 2.67. The van der Waals surface area contributed by atoms with Crippen LogP contribution in [0.5, 0.6) is 0 Å². The molecule has 18 heavy (non-hydrogen) atoms. The van der Waals surface area contributed by atoms with Crippen LogP contribution in [0.4, 0.5) is 0 Å². The quantitative estimate of drug-likeness (QED) is 0.877. The van der Waals surface area contributed by atoms with Crippen molar-refractivity contribution < 1.29 is 4.79 Å². The molecule has 1 heterocycles. The summed E-state index contributed by atoms with van der Waals surface area (Å²) in [7, 11) is 3.41. The monoisotopic (exact) mass is 244 g/mol. The minimum atomic E-state index is -0.112. The Balaban J connectivity index is 2.38. The molecule has 5 heteroatoms. The molecule has 2 aromatic rings. The number of hydrogen-bond donors (Lipinski definition) is 1. The zero-order chi connectivity index (χ0) is 13.1. The lowest BCUT2D eigenvalue weighted by Crippen LogP contribution is -2.22. The highest BCUT2D eigenvalue weighted by Crippen LogP contribution is 2.13. The van der Waals surface area contributed by atoms with Crippen LogP contribution < -0.4 is 5.73 Å². The maximum atomic E-state index is 11.8. The van der Waals surface area contributed by atoms with E-state index in [1.165, 1.54) is 4.90 Å². The molecule has 0 bridgehead atoms. The molecule has 0 atom stereocenters. The van der Waals surface area contributed by atoms with Crippen molar-refractivity contribution in [3.05, 3.63) is 47.8 Å². The molecule has 1 amide bonds. The van der Waals surface area contributed by atoms with Crippen molar-refractivity contribution in [2.75, 3.05) is 14.1 Å². The molecule has 0 aliphatic rings. The van der Waals surface area contributed by atoms with Gasteiger partial charge >= 0.3 is 0 Å². The van der Waals surface area contributed by atoms with E-state index < -0.39 is 0 Å². The number of benzene rings is 1. The second kappa shape index (κ2) is 5.01. The molecule has 2 rings (SSSR count). The number of para-hydroxylation sites is 1. The number of hydrogen-bond acceptors (Lipinski definition) is 3. The number of amides is 1. The second-order valence-electron chi connectivity index (χ2n) is 4.18. The number of carbonyl (C=O) groups excluding carboxylic acids is 1. The zero-order valence-electron chi connectivity index (χ0n) is 10.5. The minimum absolute atomic E-state index is 0.112. The van der Waals surface area contributed by atoms with Crippen molar-refractivity contribution in [1.29, 1.82) is 0 Å². The van der Waals surface area contributed by atoms with Crippen molar-refractivity contribution in [1.82, 2.24) is 14.7 Å². The Morgan fingerprint density at radius 1 is 1.33 bits per heavy atom. The van der Waals surface area contributed by atoms with E-state index in [9.17, 15) is 4.79 Å². The van der Waals surface area contributed by atoms with Gasteiger partial charge in [0.25, 0.3) is 5.91 Å². The second-order valence-corrected chi connectivity index (χ2v) is 4.18. The van der Waals surface area contributed by atoms with Crippen LogP contribution in [0, 0.1) is 0 Å². The first-order valence-corrected chi connectivity index (χ1v) is 5.69. The van der Waals surface area contributed by atoms with Gasteiger partial charge in [-0.15, -0.1) is 0 Å². The molecular weight excluding hydrogens is 228 g/mol. The maximum absolute atomic E-state index is 11.8. The molecule has 5 nitrogen and oxygen atoms in total. The summed E-state index contributed by atoms with van der Waals surface area (Å²) in [5, 5.41) is 4.28. The average molecular weight is 244 g/mol. The van der Waals surface area contributed by atoms with Gasteiger partial charge in [-0.25, -0.2) is 4.68 Å². The summed E-state index contributed by atoms with van der Waals surface area (Å²) in [5.74, 6) is -0.112. The van der Waals surface area contributed by atoms with Crippen LogP contribution in [0.15, 0.2) is 36.5 Å². The molecule has 0 fully saturated rings. The van der Waals surface area contributed by atoms with Gasteiger partial charge in [0.1, 0.15) is 0 Å². The Morgan fingerprint density at radius 2 is 2.06 bits per heavy atom. The third kappa shape index (κ3) is 2.26. The molecule has 0 unspecified atom stereocenters. The number of aromatic nitrogens is 2. The first kappa shape index (κ1) is 12.3. The lowest BCUT2D eigenvalue weighted by Gasteiger charge is -2.08. The van der Waals surface area contributed by atoms with Crippen molar-refractivity contribution in [2.45, 2.75) is 6.54 Å². The van der Waals surface area contributed by atoms with Crippen molar-refractivity contribution in [3.63, 3.8) is 0 Å². The van der Waals surface area contributed by atoms with Crippen molar-refractivity contribution in [3.8, 4) is 5.69 Å². The predicted molar refractivity (Wildman–Crippen MR) is 69.5 cm³/mol. The lowest BCUT2D eigenvalue weighted by molar-refractivity contribution is 0.0821. The number of carbonyl (C=O) groups is 1. The maximum Gasteiger partial charge on any atom is 0.273 e. The van der Waals surface area contributed by atoms with E-state index in [1.54, 1.807) is 31.0 Å². The molecule has 0 saturated carbocycles. The molecule has 0 spiro atoms. The Labute approximate surface area is 106 Å². The van der Waals surface area contributed by atoms with Gasteiger partial charge in [0.2, 0.25) is 0 Å². The van der Waals surface area contributed by atoms with Crippen molar-refractivity contribution in [2.24, 2.45) is 5.73 Å². The van der Waals surface area contributed by atoms with Gasteiger partial charge in [-0.1, -0.05) is 18.2 Å². The summed E-state index contributed by atoms with van der Waals surface area (Å²) in [4.78, 5) is 13.3. The van der Waals surface area contributed by atoms with E-state index in [0.29, 0.717) is 12.2 Å². The summed E-state index contributed by atoms with van der Waals surface area (Å²) >= 11 is 0. The van der Waals surface area contributed by atoms with E-state index in [-0.39, 0.29) is 5.91 Å². The van der Waals surface area contributed by atoms with Crippen LogP contribution >= 0.6 is 0 Å². The van der Waals surface area contributed by atoms with E-state index in [1.807, 2.05) is 24.3 Å². The topological polar surface area (TPSA) is 64.2 Å². The predicted octanol–water partition coefficient (Wildman–Crippen LogP) is 1.03. The van der Waals surface area contributed by atoms with Gasteiger partial charge in [0, 0.05) is 26.8 Å². The fourth-order valence-corrected chi connectivity index (χ4v) is 1.71. The summed E-state index contributed by atoms with van der Waals surface area (Å²) in [6.45, 7) is 0.437. The smallest absolute Gasteiger partial charge is 0.273 e. The standard InChI is InChI=1S/C13H16N4O/c1-16(2)13(18)11-7-8-17(15-11)12-6-4-3-5-10(12)9-14/h3-8H,9,14H2,1-2H3. The summed E-state index contributed by atoms with van der Waals surface area (Å²) in [5.41, 5.74) is 8.00. The molecule has 1 aromatic carbocycles. The molecule has 1 aromatic heterocycles. The van der Waals surface area contributed by atoms with Crippen LogP contribution in [0.3, 0.4) is 0 Å². The van der Waals surface area contributed by atoms with Crippen LogP contribution in [0.1, 0.15) is 16.1 Å². The minimum Gasteiger partial charge on any atom is -0.343 e. The van der Waals surface area contributed by atoms with Crippen LogP contribution in [0.2, 0.25) is 0 Å². The summed E-state index contributed by atoms with van der Waals surface area (Å²) in [6, 6.07) is 9.43. The van der Waals surface area contributed by atoms with Gasteiger partial charge in [0.15, 0.2) is 5.69 Å². The lowest BCUT2D eigenvalue weighted by atomic mass is 10.2. The number of nitrogens with zero attached hydrogens (tertiary/aromatic N) is 3. The Kier molecular flexibility index (Phi) is 3.43. The highest BCUT2D eigenvalue weighted by Gasteiger charge is 2.12. The van der Waals surface area contributed by atoms with Gasteiger partial charge in [-0.05, 0) is 17.7 Å². The molecule has 0 aliphatic carbocycles. The van der Waals surface area contributed by atoms with Crippen LogP contribution in [-0.4, -0.2) is 34.7 Å². The van der Waals surface area contributed by atoms with E-state index >= 15 is 0 Å². The van der Waals surface area contributed by atoms with Crippen LogP contribution in [0.25, 0.3) is 5.69 Å². The van der Waals surface area contributed by atoms with E-state index in [2.05, 4.69) is 5.10 Å². The van der Waals surface area contributed by atoms with Crippen LogP contribution in [-0.2, 0) is 6.54 Å². The number of nitrogens with two attached hydrogens (primary N) is 1. The normalized spacial score (nSPS) is 10.4. The zero-order valence-corrected chi connectivity index (χ0v) is 10.5. The molecule has 0 saturated heterocycles. The fraction of sp³-hybridized carbons (Fsp3) is 0.231. The Morgan fingerprint density at radius 3 is 2.72 bits per heavy atom. The third-order valence-electron chi connectivity index (χ3n) is 2.67. The van der Waals surface area contributed by atoms with E-state index in [0.717, 1.165) is 11.3 Å². The highest BCUT2D eigenvalue weighted by atomic mass is 16.2. The summed E-state index contributed by atoms with van der Waals surface area (Å²) < 4.78 is 1.68. The average Bonchev–Trinajstić information content (AvgIpc) is 2.87. The largest absolute Gasteiger partial charge is 0.343 e. The Bertz CT molecular complexity index is 560. The molecule has 94 valence electrons. The molecule has 2 N–H and O–H groups in total. The highest BCUT2D eigenvalue weighted by molar-refractivity contribution is 5.91. The first-order valence-electron chi connectivity index (χ1n) is 5.69. The van der Waals surface area contributed by atoms with Crippen molar-refractivity contribution >= 4 is 5.91 Å². The Hall–Kier alpha value is -2.14. The van der Waals surface area contributed by atoms with Gasteiger partial charge in [0.05, 0.1) is 5.69 Å². The fourth-order valence-electron chi connectivity index (χ4n) is 1.71. The van der Waals surface area contributed by atoms with Gasteiger partial charge in [-0.2, -0.15) is 5.10 Å². The summed E-state index contributed by atoms with van der Waals surface area (Å²) in [6.07, 6.45) is 1.77. The molecule has 0 radical (unpaired) electrons. The number of rotatable bonds is 3.